The van der Waals surface area contributed by atoms with Gasteiger partial charge in [0.25, 0.3) is 11.8 Å². The first-order valence-electron chi connectivity index (χ1n) is 12.2. The predicted octanol–water partition coefficient (Wildman–Crippen LogP) is 4.37. The fourth-order valence-corrected chi connectivity index (χ4v) is 4.51. The van der Waals surface area contributed by atoms with Crippen LogP contribution in [-0.2, 0) is 11.0 Å². The molecular formula is C26H22F3N5O6. The summed E-state index contributed by atoms with van der Waals surface area (Å²) in [6, 6.07) is 13.1. The maximum absolute atomic E-state index is 14.0. The van der Waals surface area contributed by atoms with Crippen LogP contribution in [0.1, 0.15) is 30.1 Å². The van der Waals surface area contributed by atoms with Crippen molar-refractivity contribution in [3.05, 3.63) is 65.7 Å². The van der Waals surface area contributed by atoms with Crippen LogP contribution >= 0.6 is 0 Å². The van der Waals surface area contributed by atoms with Crippen molar-refractivity contribution in [2.45, 2.75) is 31.2 Å². The van der Waals surface area contributed by atoms with Crippen molar-refractivity contribution < 1.29 is 42.0 Å². The average Bonchev–Trinajstić information content (AvgIpc) is 3.71. The number of carbonyl (C=O) groups excluding carboxylic acids is 1. The van der Waals surface area contributed by atoms with Crippen molar-refractivity contribution in [2.24, 2.45) is 0 Å². The molecule has 14 heteroatoms. The number of nitrogens with zero attached hydrogens (tertiary/aromatic N) is 4. The van der Waals surface area contributed by atoms with Crippen LogP contribution in [0.4, 0.5) is 18.0 Å². The number of likely N-dealkylation sites (tertiary alicyclic amines) is 1. The molecule has 40 heavy (non-hydrogen) atoms. The van der Waals surface area contributed by atoms with Gasteiger partial charge in [-0.05, 0) is 18.4 Å². The first-order valence-corrected chi connectivity index (χ1v) is 12.2. The molecule has 208 valence electrons. The van der Waals surface area contributed by atoms with Crippen LogP contribution in [0.5, 0.6) is 0 Å². The van der Waals surface area contributed by atoms with E-state index in [4.69, 9.17) is 9.05 Å². The van der Waals surface area contributed by atoms with Gasteiger partial charge in [0, 0.05) is 24.2 Å². The normalized spacial score (nSPS) is 16.2. The molecule has 2 atom stereocenters. The maximum Gasteiger partial charge on any atom is 0.422 e. The number of hydrogen-bond donors (Lipinski definition) is 3. The number of aliphatic hydroxyl groups excluding tert-OH is 1. The molecule has 5 rings (SSSR count). The number of aliphatic hydroxyl groups is 1. The van der Waals surface area contributed by atoms with Gasteiger partial charge in [0.05, 0.1) is 6.04 Å². The molecule has 2 unspecified atom stereocenters. The third-order valence-electron chi connectivity index (χ3n) is 6.51. The van der Waals surface area contributed by atoms with E-state index in [1.54, 1.807) is 18.2 Å². The maximum atomic E-state index is 14.0. The Morgan fingerprint density at radius 1 is 1.05 bits per heavy atom. The third kappa shape index (κ3) is 5.38. The van der Waals surface area contributed by atoms with Crippen LogP contribution in [0.25, 0.3) is 34.3 Å². The topological polar surface area (TPSA) is 155 Å². The van der Waals surface area contributed by atoms with Gasteiger partial charge in [0.1, 0.15) is 11.3 Å². The van der Waals surface area contributed by atoms with Crippen molar-refractivity contribution in [1.82, 2.24) is 25.5 Å². The molecule has 0 saturated carbocycles. The van der Waals surface area contributed by atoms with E-state index in [2.05, 4.69) is 20.6 Å². The second kappa shape index (κ2) is 10.8. The molecular weight excluding hydrogens is 535 g/mol. The first-order chi connectivity index (χ1) is 19.1. The summed E-state index contributed by atoms with van der Waals surface area (Å²) in [6.07, 6.45) is -6.12. The van der Waals surface area contributed by atoms with Crippen molar-refractivity contribution in [1.29, 1.82) is 0 Å². The van der Waals surface area contributed by atoms with E-state index in [9.17, 15) is 33.0 Å². The Balaban J connectivity index is 1.30. The van der Waals surface area contributed by atoms with E-state index < -0.39 is 47.2 Å². The van der Waals surface area contributed by atoms with E-state index in [1.165, 1.54) is 41.3 Å². The van der Waals surface area contributed by atoms with Gasteiger partial charge in [-0.3, -0.25) is 4.79 Å². The molecule has 0 bridgehead atoms. The molecule has 2 amide bonds. The zero-order chi connectivity index (χ0) is 28.4. The number of aromatic nitrogens is 3. The van der Waals surface area contributed by atoms with Crippen LogP contribution < -0.4 is 5.32 Å². The van der Waals surface area contributed by atoms with Gasteiger partial charge in [0.15, 0.2) is 6.10 Å². The Morgan fingerprint density at radius 3 is 2.45 bits per heavy atom. The lowest BCUT2D eigenvalue weighted by molar-refractivity contribution is -0.137. The molecule has 0 radical (unpaired) electrons. The summed E-state index contributed by atoms with van der Waals surface area (Å²) in [5, 5.41) is 29.5. The summed E-state index contributed by atoms with van der Waals surface area (Å²) in [7, 11) is 0. The second-order valence-electron chi connectivity index (χ2n) is 9.06. The van der Waals surface area contributed by atoms with Crippen LogP contribution in [0.15, 0.2) is 63.6 Å². The smallest absolute Gasteiger partial charge is 0.422 e. The Hall–Kier alpha value is -4.72. The summed E-state index contributed by atoms with van der Waals surface area (Å²) in [6.45, 7) is 0.458. The molecule has 11 nitrogen and oxygen atoms in total. The Labute approximate surface area is 224 Å². The fraction of sp³-hybridized carbons (Fsp3) is 0.269. The van der Waals surface area contributed by atoms with E-state index in [1.807, 2.05) is 0 Å². The van der Waals surface area contributed by atoms with Crippen LogP contribution in [-0.4, -0.2) is 61.5 Å². The van der Waals surface area contributed by atoms with Gasteiger partial charge in [-0.25, -0.2) is 4.79 Å². The lowest BCUT2D eigenvalue weighted by atomic mass is 10.1. The van der Waals surface area contributed by atoms with E-state index in [0.717, 1.165) is 0 Å². The number of halogens is 3. The van der Waals surface area contributed by atoms with Gasteiger partial charge in [-0.1, -0.05) is 64.9 Å². The van der Waals surface area contributed by atoms with E-state index in [0.29, 0.717) is 24.9 Å². The first kappa shape index (κ1) is 26.9. The molecule has 1 aliphatic rings. The lowest BCUT2D eigenvalue weighted by Gasteiger charge is -2.22. The highest BCUT2D eigenvalue weighted by Gasteiger charge is 2.43. The summed E-state index contributed by atoms with van der Waals surface area (Å²) < 4.78 is 51.9. The van der Waals surface area contributed by atoms with Gasteiger partial charge >= 0.3 is 12.3 Å². The molecule has 1 saturated heterocycles. The molecule has 4 aromatic rings. The molecule has 2 aromatic heterocycles. The number of hydrogen-bond acceptors (Lipinski definition) is 8. The number of carbonyl (C=O) groups is 2. The summed E-state index contributed by atoms with van der Waals surface area (Å²) in [5.74, 6) is -2.01. The fourth-order valence-electron chi connectivity index (χ4n) is 4.51. The van der Waals surface area contributed by atoms with Crippen molar-refractivity contribution in [3.63, 3.8) is 0 Å². The van der Waals surface area contributed by atoms with Crippen LogP contribution in [0.2, 0.25) is 0 Å². The molecule has 3 heterocycles. The molecule has 1 fully saturated rings. The van der Waals surface area contributed by atoms with Crippen molar-refractivity contribution in [2.75, 3.05) is 13.1 Å². The molecule has 0 spiro atoms. The molecule has 3 N–H and O–H groups in total. The third-order valence-corrected chi connectivity index (χ3v) is 6.51. The number of alkyl halides is 3. The standard InChI is InChI=1S/C26H22F3N5O6/c27-26(28,29)18-19(14-5-2-1-3-6-14)32-39-21(18)24-31-22(33-40-24)16-10-8-15(9-11-16)20(35)23(36)30-13-17-7-4-12-34(17)25(37)38/h1-3,5-6,8-11,17,20,35H,4,7,12-13H2,(H,30,36)(H,37,38). The molecule has 0 aliphatic carbocycles. The highest BCUT2D eigenvalue weighted by molar-refractivity contribution is 5.82. The number of benzene rings is 2. The molecule has 2 aromatic carbocycles. The number of amides is 2. The summed E-state index contributed by atoms with van der Waals surface area (Å²) in [5.41, 5.74) is -0.796. The monoisotopic (exact) mass is 557 g/mol. The number of rotatable bonds is 7. The summed E-state index contributed by atoms with van der Waals surface area (Å²) >= 11 is 0. The SMILES string of the molecule is O=C(NCC1CCCN1C(=O)O)C(O)c1ccc(-c2noc(-c3onc(-c4ccccc4)c3C(F)(F)F)n2)cc1. The highest BCUT2D eigenvalue weighted by Crippen LogP contribution is 2.43. The van der Waals surface area contributed by atoms with Gasteiger partial charge in [-0.15, -0.1) is 0 Å². The summed E-state index contributed by atoms with van der Waals surface area (Å²) in [4.78, 5) is 29.0. The van der Waals surface area contributed by atoms with Crippen molar-refractivity contribution in [3.8, 4) is 34.3 Å². The van der Waals surface area contributed by atoms with Gasteiger partial charge in [-0.2, -0.15) is 18.2 Å². The quantitative estimate of drug-likeness (QED) is 0.300. The van der Waals surface area contributed by atoms with E-state index in [-0.39, 0.29) is 29.5 Å². The number of nitrogens with one attached hydrogen (secondary N) is 1. The minimum absolute atomic E-state index is 0.0544. The zero-order valence-electron chi connectivity index (χ0n) is 20.6. The highest BCUT2D eigenvalue weighted by atomic mass is 19.4. The largest absolute Gasteiger partial charge is 0.465 e. The van der Waals surface area contributed by atoms with Gasteiger partial charge in [0.2, 0.25) is 11.6 Å². The number of carboxylic acid groups (broad SMARTS) is 1. The van der Waals surface area contributed by atoms with Crippen LogP contribution in [0, 0.1) is 0 Å². The minimum Gasteiger partial charge on any atom is -0.465 e. The lowest BCUT2D eigenvalue weighted by Crippen LogP contribution is -2.43. The Kier molecular flexibility index (Phi) is 7.26. The Bertz CT molecular complexity index is 1500. The molecule has 1 aliphatic heterocycles. The van der Waals surface area contributed by atoms with E-state index >= 15 is 0 Å². The second-order valence-corrected chi connectivity index (χ2v) is 9.06. The zero-order valence-corrected chi connectivity index (χ0v) is 20.6. The van der Waals surface area contributed by atoms with Gasteiger partial charge < -0.3 is 29.5 Å². The minimum atomic E-state index is -4.82. The average molecular weight is 557 g/mol. The van der Waals surface area contributed by atoms with Crippen LogP contribution in [0.3, 0.4) is 0 Å². The predicted molar refractivity (Wildman–Crippen MR) is 131 cm³/mol. The Morgan fingerprint density at radius 2 is 1.77 bits per heavy atom. The van der Waals surface area contributed by atoms with Crippen molar-refractivity contribution >= 4 is 12.0 Å².